The summed E-state index contributed by atoms with van der Waals surface area (Å²) in [5.41, 5.74) is 1.03. The van der Waals surface area contributed by atoms with Gasteiger partial charge in [-0.3, -0.25) is 9.59 Å². The van der Waals surface area contributed by atoms with Gasteiger partial charge in [0.05, 0.1) is 37.0 Å². The molecule has 3 aromatic heterocycles. The van der Waals surface area contributed by atoms with Crippen LogP contribution in [0.25, 0.3) is 22.2 Å². The summed E-state index contributed by atoms with van der Waals surface area (Å²) < 4.78 is 62.4. The summed E-state index contributed by atoms with van der Waals surface area (Å²) in [6.07, 6.45) is -2.92. The molecule has 0 saturated heterocycles. The van der Waals surface area contributed by atoms with Gasteiger partial charge in [-0.2, -0.15) is 13.2 Å². The second-order valence-corrected chi connectivity index (χ2v) is 8.60. The first-order valence-electron chi connectivity index (χ1n) is 11.6. The van der Waals surface area contributed by atoms with Crippen LogP contribution < -0.4 is 15.8 Å². The highest BCUT2D eigenvalue weighted by atomic mass is 19.4. The molecule has 0 fully saturated rings. The molecular weight excluding hydrogens is 522 g/mol. The SMILES string of the molecule is CCOc1c(CC(N)=O)cc([C@@](O)(CNC(=O)c2cc3cc[nH]c3cn2)C(F)(F)F)nc1-c1ccc(F)cc1. The monoisotopic (exact) mass is 545 g/mol. The molecule has 0 aliphatic rings. The van der Waals surface area contributed by atoms with Gasteiger partial charge in [0.25, 0.3) is 5.91 Å². The van der Waals surface area contributed by atoms with E-state index < -0.39 is 48.1 Å². The van der Waals surface area contributed by atoms with Crippen molar-refractivity contribution in [2.75, 3.05) is 13.2 Å². The molecule has 39 heavy (non-hydrogen) atoms. The van der Waals surface area contributed by atoms with Gasteiger partial charge in [0.15, 0.2) is 0 Å². The van der Waals surface area contributed by atoms with Crippen molar-refractivity contribution in [3.8, 4) is 17.0 Å². The maximum atomic E-state index is 14.4. The predicted octanol–water partition coefficient (Wildman–Crippen LogP) is 3.37. The van der Waals surface area contributed by atoms with Crippen LogP contribution in [0, 0.1) is 5.82 Å². The smallest absolute Gasteiger partial charge is 0.424 e. The molecule has 1 atom stereocenters. The third kappa shape index (κ3) is 5.67. The molecule has 0 aliphatic heterocycles. The van der Waals surface area contributed by atoms with E-state index in [1.807, 2.05) is 0 Å². The molecule has 0 spiro atoms. The number of aromatic nitrogens is 3. The summed E-state index contributed by atoms with van der Waals surface area (Å²) in [7, 11) is 0. The van der Waals surface area contributed by atoms with Crippen LogP contribution in [0.3, 0.4) is 0 Å². The van der Waals surface area contributed by atoms with Gasteiger partial charge >= 0.3 is 6.18 Å². The Hall–Kier alpha value is -4.52. The Morgan fingerprint density at radius 3 is 2.51 bits per heavy atom. The second kappa shape index (κ2) is 10.7. The van der Waals surface area contributed by atoms with Crippen molar-refractivity contribution in [3.05, 3.63) is 77.6 Å². The summed E-state index contributed by atoms with van der Waals surface area (Å²) in [4.78, 5) is 35.3. The summed E-state index contributed by atoms with van der Waals surface area (Å²) in [6.45, 7) is 0.331. The number of benzene rings is 1. The van der Waals surface area contributed by atoms with E-state index in [0.29, 0.717) is 10.9 Å². The van der Waals surface area contributed by atoms with Gasteiger partial charge in [-0.15, -0.1) is 0 Å². The normalized spacial score (nSPS) is 13.2. The second-order valence-electron chi connectivity index (χ2n) is 8.60. The fraction of sp³-hybridized carbons (Fsp3) is 0.231. The number of pyridine rings is 2. The fourth-order valence-corrected chi connectivity index (χ4v) is 3.94. The first-order valence-corrected chi connectivity index (χ1v) is 11.6. The van der Waals surface area contributed by atoms with Crippen LogP contribution in [0.4, 0.5) is 17.6 Å². The summed E-state index contributed by atoms with van der Waals surface area (Å²) >= 11 is 0. The topological polar surface area (TPSA) is 143 Å². The van der Waals surface area contributed by atoms with E-state index in [1.165, 1.54) is 24.4 Å². The molecule has 0 aliphatic carbocycles. The van der Waals surface area contributed by atoms with E-state index in [0.717, 1.165) is 18.2 Å². The number of rotatable bonds is 9. The number of carbonyl (C=O) groups excluding carboxylic acids is 2. The number of hydrogen-bond donors (Lipinski definition) is 4. The minimum Gasteiger partial charge on any atom is -0.491 e. The number of nitrogens with zero attached hydrogens (tertiary/aromatic N) is 2. The zero-order valence-electron chi connectivity index (χ0n) is 20.5. The number of alkyl halides is 3. The molecule has 13 heteroatoms. The van der Waals surface area contributed by atoms with E-state index in [4.69, 9.17) is 10.5 Å². The zero-order chi connectivity index (χ0) is 28.4. The van der Waals surface area contributed by atoms with Crippen molar-refractivity contribution in [1.29, 1.82) is 0 Å². The lowest BCUT2D eigenvalue weighted by Crippen LogP contribution is -2.51. The molecule has 204 valence electrons. The molecule has 5 N–H and O–H groups in total. The third-order valence-corrected chi connectivity index (χ3v) is 5.89. The lowest BCUT2D eigenvalue weighted by molar-refractivity contribution is -0.265. The highest BCUT2D eigenvalue weighted by molar-refractivity contribution is 5.95. The highest BCUT2D eigenvalue weighted by Gasteiger charge is 2.56. The van der Waals surface area contributed by atoms with E-state index in [-0.39, 0.29) is 34.9 Å². The first-order chi connectivity index (χ1) is 18.4. The van der Waals surface area contributed by atoms with Crippen molar-refractivity contribution in [1.82, 2.24) is 20.3 Å². The number of halogens is 4. The summed E-state index contributed by atoms with van der Waals surface area (Å²) in [5.74, 6) is -2.51. The van der Waals surface area contributed by atoms with Crippen molar-refractivity contribution in [2.45, 2.75) is 25.1 Å². The van der Waals surface area contributed by atoms with Crippen LogP contribution in [-0.4, -0.2) is 51.2 Å². The highest BCUT2D eigenvalue weighted by Crippen LogP contribution is 2.42. The Kier molecular flexibility index (Phi) is 7.54. The number of aromatic amines is 1. The molecular formula is C26H23F4N5O4. The molecule has 4 rings (SSSR count). The molecule has 3 heterocycles. The number of ether oxygens (including phenoxy) is 1. The molecule has 0 saturated carbocycles. The van der Waals surface area contributed by atoms with Gasteiger partial charge in [0.2, 0.25) is 11.5 Å². The average Bonchev–Trinajstić information content (AvgIpc) is 3.35. The van der Waals surface area contributed by atoms with E-state index in [9.17, 15) is 32.3 Å². The molecule has 2 amide bonds. The van der Waals surface area contributed by atoms with Gasteiger partial charge < -0.3 is 25.9 Å². The van der Waals surface area contributed by atoms with Crippen LogP contribution in [-0.2, 0) is 16.8 Å². The molecule has 1 aromatic carbocycles. The quantitative estimate of drug-likeness (QED) is 0.238. The lowest BCUT2D eigenvalue weighted by Gasteiger charge is -2.31. The lowest BCUT2D eigenvalue weighted by atomic mass is 9.93. The first kappa shape index (κ1) is 27.5. The molecule has 0 radical (unpaired) electrons. The number of primary amides is 1. The Morgan fingerprint density at radius 2 is 1.87 bits per heavy atom. The van der Waals surface area contributed by atoms with Gasteiger partial charge in [-0.1, -0.05) is 0 Å². The number of H-pyrrole nitrogens is 1. The van der Waals surface area contributed by atoms with Gasteiger partial charge in [-0.25, -0.2) is 14.4 Å². The van der Waals surface area contributed by atoms with Crippen molar-refractivity contribution in [3.63, 3.8) is 0 Å². The number of aliphatic hydroxyl groups is 1. The third-order valence-electron chi connectivity index (χ3n) is 5.89. The Labute approximate surface area is 219 Å². The average molecular weight is 545 g/mol. The van der Waals surface area contributed by atoms with Crippen LogP contribution in [0.5, 0.6) is 5.75 Å². The van der Waals surface area contributed by atoms with Gasteiger partial charge in [-0.05, 0) is 49.4 Å². The number of hydrogen-bond acceptors (Lipinski definition) is 6. The van der Waals surface area contributed by atoms with E-state index in [2.05, 4.69) is 20.3 Å². The molecule has 0 bridgehead atoms. The number of amides is 2. The van der Waals surface area contributed by atoms with Crippen LogP contribution in [0.1, 0.15) is 28.7 Å². The zero-order valence-corrected chi connectivity index (χ0v) is 20.5. The number of fused-ring (bicyclic) bond motifs is 1. The number of nitrogens with one attached hydrogen (secondary N) is 2. The maximum absolute atomic E-state index is 14.4. The number of carbonyl (C=O) groups is 2. The number of nitrogens with two attached hydrogens (primary N) is 1. The summed E-state index contributed by atoms with van der Waals surface area (Å²) in [5, 5.41) is 13.7. The van der Waals surface area contributed by atoms with Crippen molar-refractivity contribution < 1.29 is 37.0 Å². The van der Waals surface area contributed by atoms with Crippen LogP contribution >= 0.6 is 0 Å². The minimum absolute atomic E-state index is 0.0516. The van der Waals surface area contributed by atoms with Crippen LogP contribution in [0.15, 0.2) is 54.9 Å². The van der Waals surface area contributed by atoms with Gasteiger partial charge in [0.1, 0.15) is 23.0 Å². The largest absolute Gasteiger partial charge is 0.491 e. The molecule has 4 aromatic rings. The Morgan fingerprint density at radius 1 is 1.15 bits per heavy atom. The van der Waals surface area contributed by atoms with Crippen molar-refractivity contribution >= 4 is 22.7 Å². The Balaban J connectivity index is 1.79. The fourth-order valence-electron chi connectivity index (χ4n) is 3.94. The van der Waals surface area contributed by atoms with Gasteiger partial charge in [0, 0.05) is 22.7 Å². The molecule has 9 nitrogen and oxygen atoms in total. The standard InChI is InChI=1S/C26H23F4N5O4/c1-2-39-23-16(11-21(31)36)10-20(35-22(23)14-3-5-17(27)6-4-14)25(38,26(28,29)30)13-34-24(37)18-9-15-7-8-32-19(15)12-33-18/h3-10,12,32,38H,2,11,13H2,1H3,(H2,31,36)(H,34,37)/t25-/m0/s1. The Bertz CT molecular complexity index is 1520. The maximum Gasteiger partial charge on any atom is 0.424 e. The van der Waals surface area contributed by atoms with Crippen molar-refractivity contribution in [2.24, 2.45) is 5.73 Å². The van der Waals surface area contributed by atoms with E-state index >= 15 is 0 Å². The predicted molar refractivity (Wildman–Crippen MR) is 132 cm³/mol. The van der Waals surface area contributed by atoms with E-state index in [1.54, 1.807) is 19.2 Å². The summed E-state index contributed by atoms with van der Waals surface area (Å²) in [6, 6.07) is 8.54. The minimum atomic E-state index is -5.33. The van der Waals surface area contributed by atoms with Crippen LogP contribution in [0.2, 0.25) is 0 Å². The molecule has 0 unspecified atom stereocenters.